The fraction of sp³-hybridized carbons (Fsp3) is 0.152. The first-order chi connectivity index (χ1) is 21.2. The van der Waals surface area contributed by atoms with Crippen molar-refractivity contribution in [3.63, 3.8) is 0 Å². The summed E-state index contributed by atoms with van der Waals surface area (Å²) in [5, 5.41) is 2.99. The second kappa shape index (κ2) is 10.0. The van der Waals surface area contributed by atoms with Gasteiger partial charge in [0.25, 0.3) is 11.8 Å². The van der Waals surface area contributed by atoms with Crippen molar-refractivity contribution in [1.29, 1.82) is 0 Å². The Hall–Kier alpha value is -5.58. The zero-order valence-electron chi connectivity index (χ0n) is 23.6. The standard InChI is InChI=1S/C33H25F2N5O4/c1-16-13-25(43-2)21(31(42)40-33(10-11-33)32-38-22-9-12-37-15-23(22)39-32)14-20(16)19-7-8-24-26(28(19)35)27(30(36)41)29(44-24)17-3-5-18(34)6-4-17/h3-9,12-15H,10-11H2,1-2H3,(H2,36,41)(H,38,39)(H,40,42). The van der Waals surface area contributed by atoms with Crippen LogP contribution in [0.25, 0.3) is 44.5 Å². The van der Waals surface area contributed by atoms with Gasteiger partial charge < -0.3 is 25.2 Å². The number of carbonyl (C=O) groups is 2. The Kier molecular flexibility index (Phi) is 6.20. The van der Waals surface area contributed by atoms with E-state index in [2.05, 4.69) is 20.3 Å². The number of pyridine rings is 1. The van der Waals surface area contributed by atoms with Crippen molar-refractivity contribution in [2.75, 3.05) is 7.11 Å². The van der Waals surface area contributed by atoms with Gasteiger partial charge in [-0.1, -0.05) is 0 Å². The summed E-state index contributed by atoms with van der Waals surface area (Å²) in [6.45, 7) is 1.77. The van der Waals surface area contributed by atoms with Crippen LogP contribution < -0.4 is 15.8 Å². The van der Waals surface area contributed by atoms with Crippen molar-refractivity contribution in [3.05, 3.63) is 101 Å². The fourth-order valence-corrected chi connectivity index (χ4v) is 5.63. The van der Waals surface area contributed by atoms with Gasteiger partial charge in [-0.15, -0.1) is 0 Å². The van der Waals surface area contributed by atoms with E-state index < -0.39 is 29.0 Å². The van der Waals surface area contributed by atoms with Crippen LogP contribution in [0.4, 0.5) is 8.78 Å². The Bertz CT molecular complexity index is 2100. The molecule has 0 bridgehead atoms. The highest BCUT2D eigenvalue weighted by Gasteiger charge is 2.49. The van der Waals surface area contributed by atoms with Crippen molar-refractivity contribution < 1.29 is 27.5 Å². The Morgan fingerprint density at radius 3 is 2.52 bits per heavy atom. The van der Waals surface area contributed by atoms with E-state index >= 15 is 4.39 Å². The lowest BCUT2D eigenvalue weighted by Crippen LogP contribution is -2.36. The summed E-state index contributed by atoms with van der Waals surface area (Å²) in [7, 11) is 1.46. The smallest absolute Gasteiger partial charge is 0.255 e. The number of aromatic nitrogens is 3. The number of amides is 2. The number of hydrogen-bond donors (Lipinski definition) is 3. The summed E-state index contributed by atoms with van der Waals surface area (Å²) in [5.74, 6) is -1.56. The highest BCUT2D eigenvalue weighted by molar-refractivity contribution is 6.11. The Morgan fingerprint density at radius 1 is 1.07 bits per heavy atom. The lowest BCUT2D eigenvalue weighted by Gasteiger charge is -2.18. The first-order valence-corrected chi connectivity index (χ1v) is 13.8. The molecule has 220 valence electrons. The predicted octanol–water partition coefficient (Wildman–Crippen LogP) is 6.15. The lowest BCUT2D eigenvalue weighted by molar-refractivity contribution is 0.0925. The van der Waals surface area contributed by atoms with Gasteiger partial charge in [0.2, 0.25) is 0 Å². The molecule has 2 amide bonds. The van der Waals surface area contributed by atoms with E-state index in [1.165, 1.54) is 43.5 Å². The van der Waals surface area contributed by atoms with Gasteiger partial charge in [-0.05, 0) is 85.5 Å². The number of aromatic amines is 1. The van der Waals surface area contributed by atoms with Crippen LogP contribution in [-0.4, -0.2) is 33.9 Å². The van der Waals surface area contributed by atoms with Gasteiger partial charge >= 0.3 is 0 Å². The summed E-state index contributed by atoms with van der Waals surface area (Å²) in [6, 6.07) is 13.3. The van der Waals surface area contributed by atoms with E-state index in [1.807, 2.05) is 0 Å². The molecule has 3 heterocycles. The third kappa shape index (κ3) is 4.36. The molecule has 0 spiro atoms. The highest BCUT2D eigenvalue weighted by atomic mass is 19.1. The van der Waals surface area contributed by atoms with Crippen LogP contribution in [0.1, 0.15) is 44.9 Å². The van der Waals surface area contributed by atoms with E-state index in [1.54, 1.807) is 37.5 Å². The third-order valence-corrected chi connectivity index (χ3v) is 8.07. The third-order valence-electron chi connectivity index (χ3n) is 8.07. The van der Waals surface area contributed by atoms with Gasteiger partial charge in [-0.3, -0.25) is 14.6 Å². The molecule has 0 aliphatic heterocycles. The molecule has 1 aliphatic carbocycles. The molecule has 0 radical (unpaired) electrons. The summed E-state index contributed by atoms with van der Waals surface area (Å²) in [4.78, 5) is 38.3. The number of nitrogens with two attached hydrogens (primary N) is 1. The van der Waals surface area contributed by atoms with E-state index in [9.17, 15) is 14.0 Å². The number of nitrogens with one attached hydrogen (secondary N) is 2. The van der Waals surface area contributed by atoms with Crippen LogP contribution in [0, 0.1) is 18.6 Å². The Labute approximate surface area is 249 Å². The normalized spacial score (nSPS) is 13.7. The zero-order chi connectivity index (χ0) is 30.7. The van der Waals surface area contributed by atoms with Crippen molar-refractivity contribution in [1.82, 2.24) is 20.3 Å². The summed E-state index contributed by atoms with van der Waals surface area (Å²) >= 11 is 0. The highest BCUT2D eigenvalue weighted by Crippen LogP contribution is 2.45. The number of rotatable bonds is 7. The molecule has 6 aromatic rings. The SMILES string of the molecule is COc1cc(C)c(-c2ccc3oc(-c4ccc(F)cc4)c(C(N)=O)c3c2F)cc1C(=O)NC1(c2nc3ccncc3[nH]2)CC1. The van der Waals surface area contributed by atoms with E-state index in [0.29, 0.717) is 41.1 Å². The molecule has 9 nitrogen and oxygen atoms in total. The number of aryl methyl sites for hydroxylation is 1. The number of furan rings is 1. The van der Waals surface area contributed by atoms with Gasteiger partial charge in [0.1, 0.15) is 34.6 Å². The molecule has 0 saturated heterocycles. The monoisotopic (exact) mass is 593 g/mol. The maximum Gasteiger partial charge on any atom is 0.255 e. The molecule has 1 aliphatic rings. The van der Waals surface area contributed by atoms with Crippen LogP contribution in [0.2, 0.25) is 0 Å². The number of fused-ring (bicyclic) bond motifs is 2. The zero-order valence-corrected chi connectivity index (χ0v) is 23.6. The number of methoxy groups -OCH3 is 1. The van der Waals surface area contributed by atoms with Gasteiger partial charge in [-0.2, -0.15) is 0 Å². The topological polar surface area (TPSA) is 136 Å². The summed E-state index contributed by atoms with van der Waals surface area (Å²) in [5.41, 5.74) is 8.21. The minimum atomic E-state index is -0.901. The second-order valence-electron chi connectivity index (χ2n) is 10.9. The maximum atomic E-state index is 16.4. The van der Waals surface area contributed by atoms with Crippen molar-refractivity contribution >= 4 is 33.8 Å². The number of benzene rings is 3. The van der Waals surface area contributed by atoms with Crippen molar-refractivity contribution in [3.8, 4) is 28.2 Å². The second-order valence-corrected chi connectivity index (χ2v) is 10.9. The van der Waals surface area contributed by atoms with Crippen LogP contribution in [0.3, 0.4) is 0 Å². The number of ether oxygens (including phenoxy) is 1. The molecule has 11 heteroatoms. The Morgan fingerprint density at radius 2 is 1.84 bits per heavy atom. The summed E-state index contributed by atoms with van der Waals surface area (Å²) in [6.07, 6.45) is 4.70. The van der Waals surface area contributed by atoms with Crippen LogP contribution in [-0.2, 0) is 5.54 Å². The molecule has 4 N–H and O–H groups in total. The van der Waals surface area contributed by atoms with Gasteiger partial charge in [0.15, 0.2) is 0 Å². The first kappa shape index (κ1) is 27.3. The van der Waals surface area contributed by atoms with E-state index in [-0.39, 0.29) is 33.4 Å². The van der Waals surface area contributed by atoms with E-state index in [0.717, 1.165) is 11.0 Å². The number of carbonyl (C=O) groups excluding carboxylic acids is 2. The molecule has 1 fully saturated rings. The van der Waals surface area contributed by atoms with Crippen molar-refractivity contribution in [2.45, 2.75) is 25.3 Å². The number of imidazole rings is 1. The largest absolute Gasteiger partial charge is 0.496 e. The van der Waals surface area contributed by atoms with Gasteiger partial charge in [-0.25, -0.2) is 13.8 Å². The molecule has 0 atom stereocenters. The van der Waals surface area contributed by atoms with Gasteiger partial charge in [0, 0.05) is 17.3 Å². The number of nitrogens with zero attached hydrogens (tertiary/aromatic N) is 2. The molecule has 1 saturated carbocycles. The predicted molar refractivity (Wildman–Crippen MR) is 159 cm³/mol. The average molecular weight is 594 g/mol. The number of halogens is 2. The molecule has 3 aromatic heterocycles. The minimum Gasteiger partial charge on any atom is -0.496 e. The van der Waals surface area contributed by atoms with E-state index in [4.69, 9.17) is 14.9 Å². The maximum absolute atomic E-state index is 16.4. The molecule has 7 rings (SSSR count). The number of primary amides is 1. The quantitative estimate of drug-likeness (QED) is 0.203. The molecular formula is C33H25F2N5O4. The molecule has 3 aromatic carbocycles. The van der Waals surface area contributed by atoms with Crippen molar-refractivity contribution in [2.24, 2.45) is 5.73 Å². The molecule has 0 unspecified atom stereocenters. The average Bonchev–Trinajstić information content (AvgIpc) is 3.47. The van der Waals surface area contributed by atoms with Crippen LogP contribution in [0.15, 0.2) is 71.4 Å². The first-order valence-electron chi connectivity index (χ1n) is 13.8. The summed E-state index contributed by atoms with van der Waals surface area (Å²) < 4.78 is 41.3. The minimum absolute atomic E-state index is 0.0335. The number of hydrogen-bond acceptors (Lipinski definition) is 6. The fourth-order valence-electron chi connectivity index (χ4n) is 5.63. The van der Waals surface area contributed by atoms with Crippen LogP contribution in [0.5, 0.6) is 5.75 Å². The van der Waals surface area contributed by atoms with Gasteiger partial charge in [0.05, 0.1) is 46.4 Å². The lowest BCUT2D eigenvalue weighted by atomic mass is 9.94. The molecular weight excluding hydrogens is 568 g/mol. The Balaban J connectivity index is 1.31. The van der Waals surface area contributed by atoms with Crippen LogP contribution >= 0.6 is 0 Å². The molecule has 44 heavy (non-hydrogen) atoms. The number of H-pyrrole nitrogens is 1.